The molecule has 0 saturated carbocycles. The number of rotatable bonds is 5. The van der Waals surface area contributed by atoms with Gasteiger partial charge in [-0.2, -0.15) is 5.10 Å². The van der Waals surface area contributed by atoms with E-state index in [0.29, 0.717) is 34.2 Å². The number of nitrogens with one attached hydrogen (secondary N) is 1. The molecule has 2 aromatic heterocycles. The summed E-state index contributed by atoms with van der Waals surface area (Å²) in [7, 11) is 0. The number of amides is 1. The zero-order valence-electron chi connectivity index (χ0n) is 14.5. The molecule has 1 N–H and O–H groups in total. The Morgan fingerprint density at radius 1 is 1.26 bits per heavy atom. The Labute approximate surface area is 166 Å². The first-order valence-electron chi connectivity index (χ1n) is 8.76. The minimum atomic E-state index is -0.190. The van der Waals surface area contributed by atoms with Crippen LogP contribution in [0.25, 0.3) is 5.65 Å². The van der Waals surface area contributed by atoms with E-state index < -0.39 is 0 Å². The van der Waals surface area contributed by atoms with Crippen LogP contribution in [0.3, 0.4) is 0 Å². The lowest BCUT2D eigenvalue weighted by Gasteiger charge is -2.10. The summed E-state index contributed by atoms with van der Waals surface area (Å²) in [6.07, 6.45) is 7.90. The normalized spacial score (nSPS) is 16.7. The molecule has 0 bridgehead atoms. The van der Waals surface area contributed by atoms with Crippen molar-refractivity contribution in [1.82, 2.24) is 19.9 Å². The summed E-state index contributed by atoms with van der Waals surface area (Å²) in [5.41, 5.74) is 2.95. The van der Waals surface area contributed by atoms with Crippen LogP contribution in [-0.4, -0.2) is 39.8 Å². The van der Waals surface area contributed by atoms with E-state index in [1.54, 1.807) is 16.8 Å². The molecule has 1 aliphatic heterocycles. The van der Waals surface area contributed by atoms with Crippen LogP contribution in [0.5, 0.6) is 0 Å². The summed E-state index contributed by atoms with van der Waals surface area (Å²) < 4.78 is 7.15. The van der Waals surface area contributed by atoms with Gasteiger partial charge < -0.3 is 10.1 Å². The van der Waals surface area contributed by atoms with E-state index >= 15 is 0 Å². The van der Waals surface area contributed by atoms with Crippen LogP contribution in [0.2, 0.25) is 10.0 Å². The van der Waals surface area contributed by atoms with Crippen molar-refractivity contribution in [2.75, 3.05) is 13.2 Å². The van der Waals surface area contributed by atoms with Gasteiger partial charge in [-0.3, -0.25) is 4.79 Å². The second-order valence-corrected chi connectivity index (χ2v) is 7.37. The zero-order valence-corrected chi connectivity index (χ0v) is 16.0. The van der Waals surface area contributed by atoms with Gasteiger partial charge in [0.15, 0.2) is 5.65 Å². The molecule has 1 atom stereocenters. The second kappa shape index (κ2) is 7.84. The molecule has 0 radical (unpaired) electrons. The number of aromatic nitrogens is 3. The third kappa shape index (κ3) is 4.08. The summed E-state index contributed by atoms with van der Waals surface area (Å²) in [6.45, 7) is 1.27. The fraction of sp³-hybridized carbons (Fsp3) is 0.316. The van der Waals surface area contributed by atoms with Gasteiger partial charge >= 0.3 is 0 Å². The van der Waals surface area contributed by atoms with Crippen molar-refractivity contribution in [3.05, 3.63) is 63.5 Å². The lowest BCUT2D eigenvalue weighted by Crippen LogP contribution is -2.31. The minimum Gasteiger partial charge on any atom is -0.376 e. The van der Waals surface area contributed by atoms with Gasteiger partial charge in [-0.05, 0) is 36.1 Å². The lowest BCUT2D eigenvalue weighted by molar-refractivity contribution is 0.0859. The van der Waals surface area contributed by atoms with E-state index in [1.165, 1.54) is 6.20 Å². The standard InChI is InChI=1S/C19H18Cl2N4O2/c20-16-4-3-12(7-17(16)21)6-13-8-22-18-15(10-24-25(18)11-13)19(26)23-9-14-2-1-5-27-14/h3-4,7-8,10-11,14H,1-2,5-6,9H2,(H,23,26). The maximum atomic E-state index is 12.4. The first-order chi connectivity index (χ1) is 13.1. The van der Waals surface area contributed by atoms with E-state index in [2.05, 4.69) is 15.4 Å². The topological polar surface area (TPSA) is 68.5 Å². The van der Waals surface area contributed by atoms with Gasteiger partial charge in [-0.25, -0.2) is 9.50 Å². The van der Waals surface area contributed by atoms with Gasteiger partial charge in [0.25, 0.3) is 5.91 Å². The molecule has 8 heteroatoms. The maximum absolute atomic E-state index is 12.4. The number of carbonyl (C=O) groups excluding carboxylic acids is 1. The fourth-order valence-electron chi connectivity index (χ4n) is 3.16. The van der Waals surface area contributed by atoms with Gasteiger partial charge in [0.05, 0.1) is 22.3 Å². The highest BCUT2D eigenvalue weighted by molar-refractivity contribution is 6.42. The number of hydrogen-bond acceptors (Lipinski definition) is 4. The van der Waals surface area contributed by atoms with Crippen molar-refractivity contribution >= 4 is 34.8 Å². The van der Waals surface area contributed by atoms with E-state index in [-0.39, 0.29) is 12.0 Å². The van der Waals surface area contributed by atoms with Gasteiger partial charge in [-0.15, -0.1) is 0 Å². The summed E-state index contributed by atoms with van der Waals surface area (Å²) in [4.78, 5) is 16.9. The lowest BCUT2D eigenvalue weighted by atomic mass is 10.1. The minimum absolute atomic E-state index is 0.0987. The first kappa shape index (κ1) is 18.2. The van der Waals surface area contributed by atoms with Crippen molar-refractivity contribution < 1.29 is 9.53 Å². The van der Waals surface area contributed by atoms with Gasteiger partial charge in [0, 0.05) is 32.0 Å². The number of halogens is 2. The molecule has 6 nitrogen and oxygen atoms in total. The zero-order chi connectivity index (χ0) is 18.8. The van der Waals surface area contributed by atoms with Crippen molar-refractivity contribution in [3.8, 4) is 0 Å². The number of carbonyl (C=O) groups is 1. The predicted octanol–water partition coefficient (Wildman–Crippen LogP) is 3.54. The Kier molecular flexibility index (Phi) is 5.29. The summed E-state index contributed by atoms with van der Waals surface area (Å²) >= 11 is 12.0. The van der Waals surface area contributed by atoms with Crippen LogP contribution in [0.15, 0.2) is 36.8 Å². The van der Waals surface area contributed by atoms with Crippen molar-refractivity contribution in [3.63, 3.8) is 0 Å². The summed E-state index contributed by atoms with van der Waals surface area (Å²) in [5, 5.41) is 8.22. The first-order valence-corrected chi connectivity index (χ1v) is 9.52. The average Bonchev–Trinajstić information content (AvgIpc) is 3.32. The molecule has 1 fully saturated rings. The summed E-state index contributed by atoms with van der Waals surface area (Å²) in [6, 6.07) is 5.53. The Balaban J connectivity index is 1.48. The van der Waals surface area contributed by atoms with Crippen molar-refractivity contribution in [2.45, 2.75) is 25.4 Å². The molecule has 4 rings (SSSR count). The molecule has 1 unspecified atom stereocenters. The average molecular weight is 405 g/mol. The predicted molar refractivity (Wildman–Crippen MR) is 104 cm³/mol. The van der Waals surface area contributed by atoms with Crippen LogP contribution >= 0.6 is 23.2 Å². The quantitative estimate of drug-likeness (QED) is 0.705. The van der Waals surface area contributed by atoms with Crippen LogP contribution in [0.1, 0.15) is 34.3 Å². The van der Waals surface area contributed by atoms with Crippen LogP contribution in [-0.2, 0) is 11.2 Å². The van der Waals surface area contributed by atoms with Crippen molar-refractivity contribution in [2.24, 2.45) is 0 Å². The third-order valence-corrected chi connectivity index (χ3v) is 5.30. The number of nitrogens with zero attached hydrogens (tertiary/aromatic N) is 3. The van der Waals surface area contributed by atoms with Crippen LogP contribution in [0.4, 0.5) is 0 Å². The monoisotopic (exact) mass is 404 g/mol. The Morgan fingerprint density at radius 3 is 2.93 bits per heavy atom. The molecule has 3 aromatic rings. The Morgan fingerprint density at radius 2 is 2.15 bits per heavy atom. The van der Waals surface area contributed by atoms with E-state index in [0.717, 1.165) is 30.6 Å². The molecular weight excluding hydrogens is 387 g/mol. The smallest absolute Gasteiger partial charge is 0.256 e. The highest BCUT2D eigenvalue weighted by Crippen LogP contribution is 2.24. The van der Waals surface area contributed by atoms with Gasteiger partial charge in [0.1, 0.15) is 5.56 Å². The second-order valence-electron chi connectivity index (χ2n) is 6.56. The molecule has 1 amide bonds. The molecular formula is C19H18Cl2N4O2. The summed E-state index contributed by atoms with van der Waals surface area (Å²) in [5.74, 6) is -0.190. The molecule has 1 saturated heterocycles. The van der Waals surface area contributed by atoms with E-state index in [1.807, 2.05) is 18.3 Å². The molecule has 1 aromatic carbocycles. The molecule has 140 valence electrons. The maximum Gasteiger partial charge on any atom is 0.256 e. The van der Waals surface area contributed by atoms with E-state index in [4.69, 9.17) is 27.9 Å². The number of hydrogen-bond donors (Lipinski definition) is 1. The molecule has 3 heterocycles. The van der Waals surface area contributed by atoms with Gasteiger partial charge in [0.2, 0.25) is 0 Å². The number of benzene rings is 1. The largest absolute Gasteiger partial charge is 0.376 e. The molecule has 1 aliphatic rings. The molecule has 0 aliphatic carbocycles. The highest BCUT2D eigenvalue weighted by Gasteiger charge is 2.19. The molecule has 27 heavy (non-hydrogen) atoms. The highest BCUT2D eigenvalue weighted by atomic mass is 35.5. The number of fused-ring (bicyclic) bond motifs is 1. The van der Waals surface area contributed by atoms with Gasteiger partial charge in [-0.1, -0.05) is 29.3 Å². The third-order valence-electron chi connectivity index (χ3n) is 4.56. The van der Waals surface area contributed by atoms with Crippen LogP contribution in [0, 0.1) is 0 Å². The van der Waals surface area contributed by atoms with E-state index in [9.17, 15) is 4.79 Å². The van der Waals surface area contributed by atoms with Crippen molar-refractivity contribution in [1.29, 1.82) is 0 Å². The SMILES string of the molecule is O=C(NCC1CCCO1)c1cnn2cc(Cc3ccc(Cl)c(Cl)c3)cnc12. The Hall–Kier alpha value is -2.15. The number of ether oxygens (including phenoxy) is 1. The fourth-order valence-corrected chi connectivity index (χ4v) is 3.48. The van der Waals surface area contributed by atoms with Crippen LogP contribution < -0.4 is 5.32 Å². The Bertz CT molecular complexity index is 983. The molecule has 0 spiro atoms.